The second kappa shape index (κ2) is 9.14. The summed E-state index contributed by atoms with van der Waals surface area (Å²) in [5.41, 5.74) is -3.86. The normalized spacial score (nSPS) is 16.0. The number of hydrogen-bond donors (Lipinski definition) is 2. The molecule has 0 bridgehead atoms. The summed E-state index contributed by atoms with van der Waals surface area (Å²) >= 11 is -0.183. The van der Waals surface area contributed by atoms with Crippen molar-refractivity contribution in [3.05, 3.63) is 24.3 Å². The highest BCUT2D eigenvalue weighted by Gasteiger charge is 2.29. The van der Waals surface area contributed by atoms with E-state index in [2.05, 4.69) is 15.5 Å². The molecule has 1 heterocycles. The zero-order valence-corrected chi connectivity index (χ0v) is 13.9. The van der Waals surface area contributed by atoms with Crippen LogP contribution in [0.25, 0.3) is 0 Å². The molecule has 0 aliphatic carbocycles. The van der Waals surface area contributed by atoms with Gasteiger partial charge in [0.1, 0.15) is 0 Å². The van der Waals surface area contributed by atoms with Gasteiger partial charge < -0.3 is 15.4 Å². The molecule has 9 heteroatoms. The number of thioether (sulfide) groups is 1. The zero-order chi connectivity index (χ0) is 17.4. The van der Waals surface area contributed by atoms with E-state index in [-0.39, 0.29) is 22.7 Å². The van der Waals surface area contributed by atoms with Gasteiger partial charge in [-0.15, -0.1) is 0 Å². The second-order valence-corrected chi connectivity index (χ2v) is 6.40. The average Bonchev–Trinajstić information content (AvgIpc) is 2.53. The Hall–Kier alpha value is -1.45. The maximum atomic E-state index is 12.2. The van der Waals surface area contributed by atoms with Crippen molar-refractivity contribution < 1.29 is 22.7 Å². The van der Waals surface area contributed by atoms with Crippen molar-refractivity contribution in [2.45, 2.75) is 16.8 Å². The first-order valence-corrected chi connectivity index (χ1v) is 8.45. The van der Waals surface area contributed by atoms with Gasteiger partial charge in [0, 0.05) is 30.2 Å². The summed E-state index contributed by atoms with van der Waals surface area (Å²) in [6, 6.07) is 5.18. The van der Waals surface area contributed by atoms with Crippen molar-refractivity contribution in [1.82, 2.24) is 10.2 Å². The van der Waals surface area contributed by atoms with E-state index >= 15 is 0 Å². The van der Waals surface area contributed by atoms with Crippen molar-refractivity contribution >= 4 is 23.5 Å². The molecule has 1 aromatic carbocycles. The number of anilines is 1. The molecule has 2 N–H and O–H groups in total. The van der Waals surface area contributed by atoms with E-state index in [0.717, 1.165) is 39.3 Å². The SMILES string of the molecule is O=C(NCCCN1CCOCC1)Nc1ccc(SC(F)(F)F)cc1. The number of halogens is 3. The lowest BCUT2D eigenvalue weighted by Crippen LogP contribution is -2.38. The Labute approximate surface area is 142 Å². The second-order valence-electron chi connectivity index (χ2n) is 5.26. The fraction of sp³-hybridized carbons (Fsp3) is 0.533. The van der Waals surface area contributed by atoms with Gasteiger partial charge in [-0.3, -0.25) is 4.90 Å². The molecule has 0 saturated carbocycles. The van der Waals surface area contributed by atoms with Crippen LogP contribution in [0.1, 0.15) is 6.42 Å². The molecule has 1 saturated heterocycles. The third-order valence-corrected chi connectivity index (χ3v) is 4.13. The van der Waals surface area contributed by atoms with Crippen molar-refractivity contribution in [3.8, 4) is 0 Å². The maximum absolute atomic E-state index is 12.2. The standard InChI is InChI=1S/C15H20F3N3O2S/c16-15(17,18)24-13-4-2-12(3-5-13)20-14(22)19-6-1-7-21-8-10-23-11-9-21/h2-5H,1,6-11H2,(H2,19,20,22). The smallest absolute Gasteiger partial charge is 0.379 e. The molecular weight excluding hydrogens is 343 g/mol. The molecule has 0 aromatic heterocycles. The molecule has 1 fully saturated rings. The molecule has 2 rings (SSSR count). The topological polar surface area (TPSA) is 53.6 Å². The first kappa shape index (κ1) is 18.9. The van der Waals surface area contributed by atoms with Gasteiger partial charge in [-0.1, -0.05) is 0 Å². The van der Waals surface area contributed by atoms with Gasteiger partial charge in [-0.2, -0.15) is 13.2 Å². The highest BCUT2D eigenvalue weighted by atomic mass is 32.2. The molecule has 1 aromatic rings. The van der Waals surface area contributed by atoms with Gasteiger partial charge in [0.05, 0.1) is 13.2 Å². The average molecular weight is 363 g/mol. The number of nitrogens with zero attached hydrogens (tertiary/aromatic N) is 1. The van der Waals surface area contributed by atoms with Crippen molar-refractivity contribution in [1.29, 1.82) is 0 Å². The highest BCUT2D eigenvalue weighted by molar-refractivity contribution is 8.00. The van der Waals surface area contributed by atoms with Crippen LogP contribution in [0, 0.1) is 0 Å². The third-order valence-electron chi connectivity index (χ3n) is 3.39. The minimum absolute atomic E-state index is 0.0824. The summed E-state index contributed by atoms with van der Waals surface area (Å²) in [6.07, 6.45) is 0.828. The lowest BCUT2D eigenvalue weighted by atomic mass is 10.3. The summed E-state index contributed by atoms with van der Waals surface area (Å²) in [5, 5.41) is 5.33. The number of amides is 2. The number of rotatable bonds is 6. The Balaban J connectivity index is 1.64. The number of carbonyl (C=O) groups is 1. The highest BCUT2D eigenvalue weighted by Crippen LogP contribution is 2.36. The molecule has 134 valence electrons. The maximum Gasteiger partial charge on any atom is 0.446 e. The fourth-order valence-electron chi connectivity index (χ4n) is 2.24. The monoisotopic (exact) mass is 363 g/mol. The largest absolute Gasteiger partial charge is 0.446 e. The van der Waals surface area contributed by atoms with Crippen LogP contribution in [0.15, 0.2) is 29.2 Å². The minimum Gasteiger partial charge on any atom is -0.379 e. The molecule has 0 atom stereocenters. The van der Waals surface area contributed by atoms with Crippen LogP contribution in [0.3, 0.4) is 0 Å². The Morgan fingerprint density at radius 1 is 1.21 bits per heavy atom. The lowest BCUT2D eigenvalue weighted by molar-refractivity contribution is -0.0328. The summed E-state index contributed by atoms with van der Waals surface area (Å²) in [6.45, 7) is 4.74. The van der Waals surface area contributed by atoms with Crippen molar-refractivity contribution in [2.75, 3.05) is 44.7 Å². The fourth-order valence-corrected chi connectivity index (χ4v) is 2.78. The van der Waals surface area contributed by atoms with Crippen molar-refractivity contribution in [3.63, 3.8) is 0 Å². The van der Waals surface area contributed by atoms with E-state index in [1.807, 2.05) is 0 Å². The molecule has 0 radical (unpaired) electrons. The predicted octanol–water partition coefficient (Wildman–Crippen LogP) is 3.14. The molecule has 24 heavy (non-hydrogen) atoms. The number of carbonyl (C=O) groups excluding carboxylic acids is 1. The van der Waals surface area contributed by atoms with E-state index in [0.29, 0.717) is 12.2 Å². The van der Waals surface area contributed by atoms with Gasteiger partial charge in [0.15, 0.2) is 0 Å². The molecule has 1 aliphatic heterocycles. The number of ether oxygens (including phenoxy) is 1. The van der Waals surface area contributed by atoms with E-state index < -0.39 is 5.51 Å². The predicted molar refractivity (Wildman–Crippen MR) is 87.3 cm³/mol. The van der Waals surface area contributed by atoms with Crippen LogP contribution in [-0.2, 0) is 4.74 Å². The van der Waals surface area contributed by atoms with Crippen LogP contribution in [0.2, 0.25) is 0 Å². The Bertz CT molecular complexity index is 520. The van der Waals surface area contributed by atoms with Crippen molar-refractivity contribution in [2.24, 2.45) is 0 Å². The third kappa shape index (κ3) is 7.41. The summed E-state index contributed by atoms with van der Waals surface area (Å²) in [4.78, 5) is 14.1. The molecule has 0 unspecified atom stereocenters. The number of hydrogen-bond acceptors (Lipinski definition) is 4. The molecule has 2 amide bonds. The summed E-state index contributed by atoms with van der Waals surface area (Å²) in [5.74, 6) is 0. The first-order valence-electron chi connectivity index (χ1n) is 7.63. The summed E-state index contributed by atoms with van der Waals surface area (Å²) in [7, 11) is 0. The number of urea groups is 1. The number of nitrogens with one attached hydrogen (secondary N) is 2. The van der Waals surface area contributed by atoms with Crippen LogP contribution in [-0.4, -0.2) is 55.8 Å². The van der Waals surface area contributed by atoms with Crippen LogP contribution >= 0.6 is 11.8 Å². The first-order chi connectivity index (χ1) is 11.4. The Morgan fingerprint density at radius 2 is 1.88 bits per heavy atom. The van der Waals surface area contributed by atoms with Gasteiger partial charge >= 0.3 is 11.5 Å². The Morgan fingerprint density at radius 3 is 2.50 bits per heavy atom. The van der Waals surface area contributed by atoms with E-state index in [9.17, 15) is 18.0 Å². The van der Waals surface area contributed by atoms with E-state index in [1.54, 1.807) is 0 Å². The zero-order valence-electron chi connectivity index (χ0n) is 13.1. The Kier molecular flexibility index (Phi) is 7.19. The van der Waals surface area contributed by atoms with Crippen LogP contribution in [0.5, 0.6) is 0 Å². The minimum atomic E-state index is -4.31. The summed E-state index contributed by atoms with van der Waals surface area (Å²) < 4.78 is 42.0. The van der Waals surface area contributed by atoms with Gasteiger partial charge in [-0.25, -0.2) is 4.79 Å². The van der Waals surface area contributed by atoms with Gasteiger partial charge in [0.2, 0.25) is 0 Å². The van der Waals surface area contributed by atoms with Crippen LogP contribution < -0.4 is 10.6 Å². The quantitative estimate of drug-likeness (QED) is 0.602. The van der Waals surface area contributed by atoms with E-state index in [1.165, 1.54) is 24.3 Å². The van der Waals surface area contributed by atoms with Gasteiger partial charge in [0.25, 0.3) is 0 Å². The molecule has 5 nitrogen and oxygen atoms in total. The van der Waals surface area contributed by atoms with Crippen LogP contribution in [0.4, 0.5) is 23.7 Å². The lowest BCUT2D eigenvalue weighted by Gasteiger charge is -2.26. The molecule has 0 spiro atoms. The number of morpholine rings is 1. The van der Waals surface area contributed by atoms with Gasteiger partial charge in [-0.05, 0) is 49.0 Å². The molecular formula is C15H20F3N3O2S. The molecule has 1 aliphatic rings. The number of alkyl halides is 3. The number of benzene rings is 1. The van der Waals surface area contributed by atoms with E-state index in [4.69, 9.17) is 4.74 Å².